The van der Waals surface area contributed by atoms with Gasteiger partial charge in [0.1, 0.15) is 18.0 Å². The number of sulfone groups is 1. The van der Waals surface area contributed by atoms with Crippen molar-refractivity contribution in [3.05, 3.63) is 59.7 Å². The molecule has 2 aliphatic heterocycles. The molecule has 2 heterocycles. The van der Waals surface area contributed by atoms with Crippen LogP contribution in [0.1, 0.15) is 56.7 Å². The number of hydrogen-bond donors (Lipinski definition) is 5. The molecule has 0 aliphatic carbocycles. The highest BCUT2D eigenvalue weighted by atomic mass is 32.2. The Morgan fingerprint density at radius 3 is 2.45 bits per heavy atom. The van der Waals surface area contributed by atoms with Gasteiger partial charge < -0.3 is 29.9 Å². The molecule has 2 aromatic rings. The molecule has 0 bridgehead atoms. The van der Waals surface area contributed by atoms with Gasteiger partial charge in [-0.05, 0) is 36.1 Å². The summed E-state index contributed by atoms with van der Waals surface area (Å²) in [6.45, 7) is 4.04. The molecule has 1 fully saturated rings. The van der Waals surface area contributed by atoms with Gasteiger partial charge in [-0.25, -0.2) is 13.2 Å². The van der Waals surface area contributed by atoms with E-state index in [0.29, 0.717) is 18.4 Å². The summed E-state index contributed by atoms with van der Waals surface area (Å²) in [6.07, 6.45) is -5.84. The summed E-state index contributed by atoms with van der Waals surface area (Å²) < 4.78 is 38.3. The van der Waals surface area contributed by atoms with E-state index >= 15 is 0 Å². The fourth-order valence-corrected chi connectivity index (χ4v) is 7.41. The van der Waals surface area contributed by atoms with E-state index in [1.165, 1.54) is 12.1 Å². The smallest absolute Gasteiger partial charge is 0.335 e. The lowest BCUT2D eigenvalue weighted by molar-refractivity contribution is -0.274. The third-order valence-corrected chi connectivity index (χ3v) is 9.40. The van der Waals surface area contributed by atoms with Crippen LogP contribution in [0.25, 0.3) is 0 Å². The van der Waals surface area contributed by atoms with E-state index in [1.807, 2.05) is 37.3 Å². The number of rotatable bonds is 8. The molecule has 10 nitrogen and oxygen atoms in total. The molecule has 0 aromatic heterocycles. The van der Waals surface area contributed by atoms with E-state index in [4.69, 9.17) is 14.6 Å². The predicted octanol–water partition coefficient (Wildman–Crippen LogP) is 1.76. The maximum atomic E-state index is 13.8. The average Bonchev–Trinajstić information content (AvgIpc) is 3.00. The molecule has 5 N–H and O–H groups in total. The highest BCUT2D eigenvalue weighted by Crippen LogP contribution is 2.40. The van der Waals surface area contributed by atoms with Gasteiger partial charge in [0.2, 0.25) is 0 Å². The van der Waals surface area contributed by atoms with Crippen LogP contribution in [0.4, 0.5) is 0 Å². The molecule has 2 aliphatic rings. The number of aliphatic carboxylic acids is 1. The number of benzene rings is 2. The summed E-state index contributed by atoms with van der Waals surface area (Å²) in [4.78, 5) is 11.3. The van der Waals surface area contributed by atoms with Gasteiger partial charge in [0, 0.05) is 5.54 Å². The van der Waals surface area contributed by atoms with Crippen molar-refractivity contribution in [2.75, 3.05) is 5.75 Å². The maximum Gasteiger partial charge on any atom is 0.335 e. The minimum absolute atomic E-state index is 0.0179. The third kappa shape index (κ3) is 5.58. The van der Waals surface area contributed by atoms with Gasteiger partial charge >= 0.3 is 5.97 Å². The van der Waals surface area contributed by atoms with E-state index in [1.54, 1.807) is 6.07 Å². The molecule has 7 atom stereocenters. The molecule has 0 spiro atoms. The van der Waals surface area contributed by atoms with Crippen LogP contribution in [-0.4, -0.2) is 76.8 Å². The molecule has 38 heavy (non-hydrogen) atoms. The summed E-state index contributed by atoms with van der Waals surface area (Å²) in [5.74, 6) is -1.65. The second-order valence-electron chi connectivity index (χ2n) is 10.0. The van der Waals surface area contributed by atoms with Crippen molar-refractivity contribution in [2.45, 2.75) is 86.7 Å². The molecule has 0 amide bonds. The Kier molecular flexibility index (Phi) is 8.46. The number of carboxylic acids is 1. The number of aliphatic hydroxyl groups excluding tert-OH is 3. The number of carbonyl (C=O) groups is 1. The first-order valence-corrected chi connectivity index (χ1v) is 14.5. The van der Waals surface area contributed by atoms with Crippen LogP contribution in [0, 0.1) is 0 Å². The van der Waals surface area contributed by atoms with Gasteiger partial charge in [0.05, 0.1) is 16.7 Å². The number of fused-ring (bicyclic) bond motifs is 1. The van der Waals surface area contributed by atoms with Crippen LogP contribution in [0.15, 0.2) is 53.4 Å². The molecule has 2 aromatic carbocycles. The zero-order valence-electron chi connectivity index (χ0n) is 21.4. The van der Waals surface area contributed by atoms with E-state index < -0.39 is 58.1 Å². The van der Waals surface area contributed by atoms with Gasteiger partial charge in [0.15, 0.2) is 28.3 Å². The third-order valence-electron chi connectivity index (χ3n) is 7.45. The summed E-state index contributed by atoms with van der Waals surface area (Å²) in [7, 11) is -3.82. The van der Waals surface area contributed by atoms with Gasteiger partial charge in [0.25, 0.3) is 0 Å². The molecule has 1 saturated heterocycles. The van der Waals surface area contributed by atoms with Crippen molar-refractivity contribution in [3.63, 3.8) is 0 Å². The molecule has 4 rings (SSSR count). The molecule has 208 valence electrons. The number of hydrogen-bond acceptors (Lipinski definition) is 9. The van der Waals surface area contributed by atoms with Crippen LogP contribution >= 0.6 is 0 Å². The largest absolute Gasteiger partial charge is 0.482 e. The lowest BCUT2D eigenvalue weighted by atomic mass is 9.88. The number of unbranched alkanes of at least 4 members (excludes halogenated alkanes) is 1. The maximum absolute atomic E-state index is 13.8. The fraction of sp³-hybridized carbons (Fsp3) is 0.519. The van der Waals surface area contributed by atoms with Crippen LogP contribution in [0.2, 0.25) is 0 Å². The first kappa shape index (κ1) is 28.5. The first-order valence-electron chi connectivity index (χ1n) is 12.8. The van der Waals surface area contributed by atoms with E-state index in [9.17, 15) is 28.5 Å². The molecule has 11 heteroatoms. The van der Waals surface area contributed by atoms with Crippen LogP contribution in [0.3, 0.4) is 0 Å². The quantitative estimate of drug-likeness (QED) is 0.328. The summed E-state index contributed by atoms with van der Waals surface area (Å²) in [5, 5.41) is 43.7. The number of ether oxygens (including phenoxy) is 2. The Morgan fingerprint density at radius 2 is 1.82 bits per heavy atom. The summed E-state index contributed by atoms with van der Waals surface area (Å²) in [6, 6.07) is 13.7. The summed E-state index contributed by atoms with van der Waals surface area (Å²) in [5.41, 5.74) is 0.792. The minimum atomic E-state index is -3.82. The van der Waals surface area contributed by atoms with Gasteiger partial charge in [-0.3, -0.25) is 5.32 Å². The Labute approximate surface area is 222 Å². The van der Waals surface area contributed by atoms with Crippen molar-refractivity contribution in [1.82, 2.24) is 5.32 Å². The standard InChI is InChI=1S/C27H35NO9S/c1-3-5-13-27(4-2)15-38(34,35)19-14-17(11-12-18(19)20(28-27)16-9-7-6-8-10-16)36-24-22(30)21(29)23(25(31)32)37-26(24)33/h6-12,14,20-24,26,28-30,33H,3-5,13,15H2,1-2H3,(H,31,32)/t20?,21-,22-,23-,24-,26-,27?/m1/s1. The van der Waals surface area contributed by atoms with Gasteiger partial charge in [-0.2, -0.15) is 0 Å². The predicted molar refractivity (Wildman–Crippen MR) is 137 cm³/mol. The van der Waals surface area contributed by atoms with Crippen molar-refractivity contribution in [3.8, 4) is 5.75 Å². The van der Waals surface area contributed by atoms with E-state index in [-0.39, 0.29) is 16.4 Å². The molecule has 2 unspecified atom stereocenters. The van der Waals surface area contributed by atoms with Gasteiger partial charge in [-0.1, -0.05) is 63.1 Å². The van der Waals surface area contributed by atoms with Crippen molar-refractivity contribution >= 4 is 15.8 Å². The number of carboxylic acid groups (broad SMARTS) is 1. The monoisotopic (exact) mass is 549 g/mol. The Morgan fingerprint density at radius 1 is 1.11 bits per heavy atom. The van der Waals surface area contributed by atoms with Crippen molar-refractivity contribution in [2.24, 2.45) is 0 Å². The SMILES string of the molecule is CCCCC1(CC)CS(=O)(=O)c2cc(O[C@@H]3[C@H](O)[C@@H](O)[C@H](C(=O)O)O[C@H]3O)ccc2C(c2ccccc2)N1. The number of nitrogens with one attached hydrogen (secondary N) is 1. The zero-order valence-corrected chi connectivity index (χ0v) is 22.2. The van der Waals surface area contributed by atoms with Crippen molar-refractivity contribution in [1.29, 1.82) is 0 Å². The molecule has 0 saturated carbocycles. The zero-order chi connectivity index (χ0) is 27.7. The Bertz CT molecular complexity index is 1240. The lowest BCUT2D eigenvalue weighted by Gasteiger charge is -2.38. The second-order valence-corrected chi connectivity index (χ2v) is 12.0. The summed E-state index contributed by atoms with van der Waals surface area (Å²) >= 11 is 0. The number of aliphatic hydroxyl groups is 3. The first-order chi connectivity index (χ1) is 18.0. The Balaban J connectivity index is 1.74. The Hall–Kier alpha value is -2.54. The highest BCUT2D eigenvalue weighted by molar-refractivity contribution is 7.91. The van der Waals surface area contributed by atoms with Crippen LogP contribution < -0.4 is 10.1 Å². The average molecular weight is 550 g/mol. The molecular formula is C27H35NO9S. The van der Waals surface area contributed by atoms with Crippen LogP contribution in [-0.2, 0) is 19.4 Å². The second kappa shape index (κ2) is 11.3. The minimum Gasteiger partial charge on any atom is -0.482 e. The lowest BCUT2D eigenvalue weighted by Crippen LogP contribution is -2.61. The van der Waals surface area contributed by atoms with Gasteiger partial charge in [-0.15, -0.1) is 0 Å². The van der Waals surface area contributed by atoms with E-state index in [0.717, 1.165) is 18.4 Å². The van der Waals surface area contributed by atoms with E-state index in [2.05, 4.69) is 12.2 Å². The fourth-order valence-electron chi connectivity index (χ4n) is 5.25. The van der Waals surface area contributed by atoms with Crippen molar-refractivity contribution < 1.29 is 43.1 Å². The highest BCUT2D eigenvalue weighted by Gasteiger charge is 2.49. The molecule has 0 radical (unpaired) electrons. The topological polar surface area (TPSA) is 163 Å². The normalized spacial score (nSPS) is 32.7. The molecular weight excluding hydrogens is 514 g/mol. The van der Waals surface area contributed by atoms with Crippen LogP contribution in [0.5, 0.6) is 5.75 Å².